The summed E-state index contributed by atoms with van der Waals surface area (Å²) < 4.78 is 18.2. The van der Waals surface area contributed by atoms with Crippen LogP contribution < -0.4 is 9.30 Å². The van der Waals surface area contributed by atoms with Crippen LogP contribution in [0.3, 0.4) is 0 Å². The predicted molar refractivity (Wildman–Crippen MR) is 249 cm³/mol. The molecule has 0 saturated carbocycles. The van der Waals surface area contributed by atoms with Crippen LogP contribution in [-0.2, 0) is 19.5 Å². The third-order valence-corrected chi connectivity index (χ3v) is 12.6. The van der Waals surface area contributed by atoms with Gasteiger partial charge in [-0.2, -0.15) is 0 Å². The molecular formula is C54H42N6O. The van der Waals surface area contributed by atoms with Gasteiger partial charge in [-0.15, -0.1) is 0 Å². The second kappa shape index (κ2) is 12.9. The summed E-state index contributed by atoms with van der Waals surface area (Å²) in [7, 11) is 4.41. The Balaban J connectivity index is 1.12. The second-order valence-corrected chi connectivity index (χ2v) is 17.2. The molecule has 7 nitrogen and oxygen atoms in total. The standard InChI is InChI=1S/C54H42N6O/c1-54(2,3)34-28-29-55-47(30-34)60-46-32-38(61-37-19-15-18-36(31-37)59-33-58(35-16-7-6-8-17-35)44-24-13-14-25-45(44)59)26-27-41(46)50-52-48(39-20-9-11-22-42(39)56(52)4)51-49(53(50)60)40-21-10-12-23-43(40)57(51)5/h6-32H,1-5H3. The topological polar surface area (TPSA) is 45.7 Å². The molecule has 0 fully saturated rings. The molecule has 12 aromatic rings. The van der Waals surface area contributed by atoms with Crippen LogP contribution >= 0.6 is 0 Å². The Hall–Kier alpha value is -7.64. The smallest absolute Gasteiger partial charge is 0.269 e. The lowest BCUT2D eigenvalue weighted by atomic mass is 9.88. The van der Waals surface area contributed by atoms with Crippen molar-refractivity contribution >= 4 is 76.5 Å². The largest absolute Gasteiger partial charge is 0.458 e. The number of para-hydroxylation sites is 5. The normalized spacial score (nSPS) is 12.3. The van der Waals surface area contributed by atoms with E-state index in [4.69, 9.17) is 9.72 Å². The van der Waals surface area contributed by atoms with E-state index in [-0.39, 0.29) is 5.41 Å². The van der Waals surface area contributed by atoms with Crippen LogP contribution in [0, 0.1) is 6.33 Å². The van der Waals surface area contributed by atoms with E-state index in [9.17, 15) is 0 Å². The number of nitrogens with zero attached hydrogens (tertiary/aromatic N) is 6. The Morgan fingerprint density at radius 2 is 1.15 bits per heavy atom. The maximum atomic E-state index is 6.86. The van der Waals surface area contributed by atoms with E-state index in [1.165, 1.54) is 54.6 Å². The van der Waals surface area contributed by atoms with Crippen molar-refractivity contribution in [3.63, 3.8) is 0 Å². The zero-order chi connectivity index (χ0) is 41.1. The first-order chi connectivity index (χ1) is 29.7. The van der Waals surface area contributed by atoms with Crippen molar-refractivity contribution in [2.45, 2.75) is 26.2 Å². The monoisotopic (exact) mass is 790 g/mol. The van der Waals surface area contributed by atoms with Crippen LogP contribution in [0.25, 0.3) is 93.6 Å². The number of hydrogen-bond acceptors (Lipinski definition) is 2. The Bertz CT molecular complexity index is 3740. The molecule has 5 heterocycles. The minimum Gasteiger partial charge on any atom is -0.458 e. The van der Waals surface area contributed by atoms with Gasteiger partial charge in [-0.3, -0.25) is 13.7 Å². The van der Waals surface area contributed by atoms with Crippen LogP contribution in [0.1, 0.15) is 26.3 Å². The van der Waals surface area contributed by atoms with Crippen molar-refractivity contribution in [2.75, 3.05) is 0 Å². The van der Waals surface area contributed by atoms with Crippen molar-refractivity contribution in [1.82, 2.24) is 23.3 Å². The molecule has 294 valence electrons. The Labute approximate surface area is 352 Å². The summed E-state index contributed by atoms with van der Waals surface area (Å²) in [5, 5.41) is 7.28. The van der Waals surface area contributed by atoms with Crippen molar-refractivity contribution in [1.29, 1.82) is 0 Å². The third kappa shape index (κ3) is 5.16. The molecule has 0 atom stereocenters. The van der Waals surface area contributed by atoms with Gasteiger partial charge in [0.2, 0.25) is 0 Å². The molecule has 0 saturated heterocycles. The maximum Gasteiger partial charge on any atom is 0.269 e. The summed E-state index contributed by atoms with van der Waals surface area (Å²) in [6, 6.07) is 55.6. The van der Waals surface area contributed by atoms with Crippen LogP contribution in [0.2, 0.25) is 0 Å². The van der Waals surface area contributed by atoms with Crippen molar-refractivity contribution in [2.24, 2.45) is 14.1 Å². The first kappa shape index (κ1) is 35.3. The van der Waals surface area contributed by atoms with Gasteiger partial charge in [0.05, 0.1) is 44.5 Å². The van der Waals surface area contributed by atoms with Gasteiger partial charge < -0.3 is 13.9 Å². The molecule has 0 unspecified atom stereocenters. The predicted octanol–water partition coefficient (Wildman–Crippen LogP) is 12.6. The van der Waals surface area contributed by atoms with E-state index >= 15 is 0 Å². The number of benzene rings is 7. The van der Waals surface area contributed by atoms with Gasteiger partial charge in [0.1, 0.15) is 17.3 Å². The zero-order valence-electron chi connectivity index (χ0n) is 34.7. The average Bonchev–Trinajstić information content (AvgIpc) is 4.01. The molecule has 7 aromatic carbocycles. The number of hydrogen-bond donors (Lipinski definition) is 0. The van der Waals surface area contributed by atoms with Crippen LogP contribution in [0.15, 0.2) is 164 Å². The lowest BCUT2D eigenvalue weighted by Crippen LogP contribution is -2.29. The van der Waals surface area contributed by atoms with E-state index in [1.54, 1.807) is 0 Å². The fourth-order valence-corrected chi connectivity index (χ4v) is 9.75. The zero-order valence-corrected chi connectivity index (χ0v) is 34.7. The highest BCUT2D eigenvalue weighted by Crippen LogP contribution is 2.49. The first-order valence-electron chi connectivity index (χ1n) is 20.8. The molecule has 61 heavy (non-hydrogen) atoms. The van der Waals surface area contributed by atoms with E-state index in [1.807, 2.05) is 24.4 Å². The van der Waals surface area contributed by atoms with Crippen molar-refractivity contribution < 1.29 is 9.30 Å². The van der Waals surface area contributed by atoms with Crippen molar-refractivity contribution in [3.8, 4) is 28.7 Å². The SMILES string of the molecule is Cn1c2ccccc2c2c1c1c3ccc(Oc4cccc(-[n+]5[c-]n(-c6ccccc6)c6ccccc65)c4)cc3n(-c3cc(C(C)(C)C)ccn3)c1c1c3ccccc3n(C)c21. The lowest BCUT2D eigenvalue weighted by molar-refractivity contribution is -0.572. The summed E-state index contributed by atoms with van der Waals surface area (Å²) in [6.45, 7) is 6.78. The van der Waals surface area contributed by atoms with Gasteiger partial charge in [0.25, 0.3) is 6.33 Å². The number of fused-ring (bicyclic) bond motifs is 13. The average molecular weight is 791 g/mol. The third-order valence-electron chi connectivity index (χ3n) is 12.6. The molecule has 0 N–H and O–H groups in total. The van der Waals surface area contributed by atoms with Gasteiger partial charge >= 0.3 is 0 Å². The molecule has 0 aliphatic carbocycles. The van der Waals surface area contributed by atoms with E-state index in [2.05, 4.69) is 204 Å². The molecule has 0 radical (unpaired) electrons. The van der Waals surface area contributed by atoms with E-state index in [0.29, 0.717) is 0 Å². The first-order valence-corrected chi connectivity index (χ1v) is 20.8. The quantitative estimate of drug-likeness (QED) is 0.129. The van der Waals surface area contributed by atoms with Crippen molar-refractivity contribution in [3.05, 3.63) is 176 Å². The fraction of sp³-hybridized carbons (Fsp3) is 0.111. The molecule has 12 rings (SSSR count). The summed E-state index contributed by atoms with van der Waals surface area (Å²) in [4.78, 5) is 5.14. The van der Waals surface area contributed by atoms with Crippen LogP contribution in [0.4, 0.5) is 0 Å². The Morgan fingerprint density at radius 1 is 0.541 bits per heavy atom. The number of aromatic nitrogens is 6. The van der Waals surface area contributed by atoms with E-state index < -0.39 is 0 Å². The Morgan fingerprint density at radius 3 is 1.85 bits per heavy atom. The van der Waals surface area contributed by atoms with E-state index in [0.717, 1.165) is 56.1 Å². The molecule has 0 amide bonds. The lowest BCUT2D eigenvalue weighted by Gasteiger charge is -2.20. The Kier molecular flexibility index (Phi) is 7.49. The highest BCUT2D eigenvalue weighted by atomic mass is 16.5. The minimum absolute atomic E-state index is 0.0730. The summed E-state index contributed by atoms with van der Waals surface area (Å²) in [5.41, 5.74) is 12.3. The number of imidazole rings is 1. The van der Waals surface area contributed by atoms with Gasteiger partial charge in [-0.1, -0.05) is 106 Å². The van der Waals surface area contributed by atoms with Gasteiger partial charge in [0.15, 0.2) is 0 Å². The molecule has 5 aromatic heterocycles. The number of rotatable bonds is 5. The fourth-order valence-electron chi connectivity index (χ4n) is 9.75. The molecular weight excluding hydrogens is 749 g/mol. The highest BCUT2D eigenvalue weighted by molar-refractivity contribution is 6.39. The minimum atomic E-state index is -0.0730. The summed E-state index contributed by atoms with van der Waals surface area (Å²) in [6.07, 6.45) is 5.57. The number of pyridine rings is 1. The molecule has 0 spiro atoms. The molecule has 0 aliphatic heterocycles. The molecule has 0 aliphatic rings. The summed E-state index contributed by atoms with van der Waals surface area (Å²) in [5.74, 6) is 2.35. The summed E-state index contributed by atoms with van der Waals surface area (Å²) >= 11 is 0. The van der Waals surface area contributed by atoms with Gasteiger partial charge in [0, 0.05) is 69.7 Å². The van der Waals surface area contributed by atoms with Crippen LogP contribution in [0.5, 0.6) is 11.5 Å². The van der Waals surface area contributed by atoms with Gasteiger partial charge in [-0.25, -0.2) is 4.98 Å². The highest BCUT2D eigenvalue weighted by Gasteiger charge is 2.28. The maximum absolute atomic E-state index is 6.86. The second-order valence-electron chi connectivity index (χ2n) is 17.2. The molecule has 0 bridgehead atoms. The molecule has 7 heteroatoms. The number of ether oxygens (including phenoxy) is 1. The number of aryl methyl sites for hydroxylation is 2. The van der Waals surface area contributed by atoms with Gasteiger partial charge in [-0.05, 0) is 77.7 Å². The van der Waals surface area contributed by atoms with Crippen LogP contribution in [-0.4, -0.2) is 23.3 Å².